The second kappa shape index (κ2) is 6.57. The first-order valence-corrected chi connectivity index (χ1v) is 7.00. The number of hydrogen-bond acceptors (Lipinski definition) is 2. The molecule has 0 saturated carbocycles. The van der Waals surface area contributed by atoms with Crippen LogP contribution >= 0.6 is 15.9 Å². The van der Waals surface area contributed by atoms with E-state index in [-0.39, 0.29) is 5.56 Å². The van der Waals surface area contributed by atoms with Gasteiger partial charge in [0.2, 0.25) is 0 Å². The van der Waals surface area contributed by atoms with E-state index >= 15 is 0 Å². The minimum Gasteiger partial charge on any atom is -0.494 e. The topological polar surface area (TPSA) is 31.2 Å². The summed E-state index contributed by atoms with van der Waals surface area (Å²) in [6.07, 6.45) is 2.60. The van der Waals surface area contributed by atoms with E-state index in [0.717, 1.165) is 16.6 Å². The molecule has 0 atom stereocenters. The third-order valence-electron chi connectivity index (χ3n) is 2.75. The molecule has 3 nitrogen and oxygen atoms in total. The van der Waals surface area contributed by atoms with Crippen molar-refractivity contribution in [3.05, 3.63) is 63.0 Å². The Balaban J connectivity index is 1.84. The summed E-state index contributed by atoms with van der Waals surface area (Å²) in [7, 11) is 0. The molecule has 0 fully saturated rings. The van der Waals surface area contributed by atoms with Crippen LogP contribution in [-0.4, -0.2) is 11.2 Å². The second-order valence-corrected chi connectivity index (χ2v) is 5.31. The lowest BCUT2D eigenvalue weighted by Crippen LogP contribution is -2.19. The van der Waals surface area contributed by atoms with Crippen LogP contribution in [0.25, 0.3) is 0 Å². The van der Waals surface area contributed by atoms with Gasteiger partial charge in [0.15, 0.2) is 0 Å². The quantitative estimate of drug-likeness (QED) is 0.790. The average Bonchev–Trinajstić information content (AvgIpc) is 2.39. The molecular formula is C15H16BrNO2. The lowest BCUT2D eigenvalue weighted by Gasteiger charge is -2.08. The normalized spacial score (nSPS) is 10.4. The molecule has 0 aliphatic heterocycles. The van der Waals surface area contributed by atoms with Crippen molar-refractivity contribution in [3.63, 3.8) is 0 Å². The van der Waals surface area contributed by atoms with E-state index in [4.69, 9.17) is 4.74 Å². The van der Waals surface area contributed by atoms with Crippen molar-refractivity contribution in [1.82, 2.24) is 4.57 Å². The van der Waals surface area contributed by atoms with E-state index in [2.05, 4.69) is 15.9 Å². The Morgan fingerprint density at radius 1 is 1.26 bits per heavy atom. The average molecular weight is 322 g/mol. The van der Waals surface area contributed by atoms with Crippen LogP contribution in [0.5, 0.6) is 5.75 Å². The fraction of sp³-hybridized carbons (Fsp3) is 0.267. The summed E-state index contributed by atoms with van der Waals surface area (Å²) < 4.78 is 8.24. The Hall–Kier alpha value is -1.55. The first-order chi connectivity index (χ1) is 9.15. The zero-order valence-electron chi connectivity index (χ0n) is 10.8. The molecule has 0 N–H and O–H groups in total. The molecule has 0 amide bonds. The van der Waals surface area contributed by atoms with Crippen LogP contribution in [0.15, 0.2) is 51.9 Å². The smallest absolute Gasteiger partial charge is 0.250 e. The van der Waals surface area contributed by atoms with Crippen molar-refractivity contribution >= 4 is 15.9 Å². The molecule has 0 bridgehead atoms. The number of halogens is 1. The summed E-state index contributed by atoms with van der Waals surface area (Å²) in [4.78, 5) is 11.6. The Morgan fingerprint density at radius 2 is 2.11 bits per heavy atom. The van der Waals surface area contributed by atoms with Gasteiger partial charge in [-0.2, -0.15) is 0 Å². The maximum atomic E-state index is 11.6. The van der Waals surface area contributed by atoms with Gasteiger partial charge in [-0.1, -0.05) is 12.1 Å². The zero-order chi connectivity index (χ0) is 13.7. The van der Waals surface area contributed by atoms with Crippen LogP contribution in [-0.2, 0) is 6.54 Å². The summed E-state index contributed by atoms with van der Waals surface area (Å²) in [6.45, 7) is 3.29. The molecule has 0 aliphatic rings. The van der Waals surface area contributed by atoms with E-state index in [1.54, 1.807) is 22.9 Å². The fourth-order valence-corrected chi connectivity index (χ4v) is 2.19. The minimum atomic E-state index is 0.0127. The number of ether oxygens (including phenoxy) is 1. The van der Waals surface area contributed by atoms with Gasteiger partial charge < -0.3 is 9.30 Å². The van der Waals surface area contributed by atoms with Crippen molar-refractivity contribution < 1.29 is 4.74 Å². The lowest BCUT2D eigenvalue weighted by molar-refractivity contribution is 0.300. The van der Waals surface area contributed by atoms with Gasteiger partial charge in [0.05, 0.1) is 6.61 Å². The van der Waals surface area contributed by atoms with E-state index < -0.39 is 0 Å². The highest BCUT2D eigenvalue weighted by Gasteiger charge is 1.98. The number of pyridine rings is 1. The highest BCUT2D eigenvalue weighted by molar-refractivity contribution is 9.10. The molecular weight excluding hydrogens is 306 g/mol. The second-order valence-electron chi connectivity index (χ2n) is 4.40. The Labute approximate surface area is 121 Å². The molecule has 0 unspecified atom stereocenters. The number of benzene rings is 1. The molecule has 2 rings (SSSR count). The SMILES string of the molecule is Cc1cccc(OCCCn2cc(Br)ccc2=O)c1. The molecule has 0 saturated heterocycles. The van der Waals surface area contributed by atoms with Gasteiger partial charge in [-0.25, -0.2) is 0 Å². The third kappa shape index (κ3) is 4.24. The molecule has 4 heteroatoms. The maximum Gasteiger partial charge on any atom is 0.250 e. The van der Waals surface area contributed by atoms with Crippen LogP contribution in [0.4, 0.5) is 0 Å². The van der Waals surface area contributed by atoms with Crippen molar-refractivity contribution in [2.45, 2.75) is 19.9 Å². The number of aromatic nitrogens is 1. The minimum absolute atomic E-state index is 0.0127. The van der Waals surface area contributed by atoms with Crippen LogP contribution in [0, 0.1) is 6.92 Å². The van der Waals surface area contributed by atoms with Crippen LogP contribution in [0.2, 0.25) is 0 Å². The summed E-state index contributed by atoms with van der Waals surface area (Å²) in [5, 5.41) is 0. The predicted octanol–water partition coefficient (Wildman–Crippen LogP) is 3.39. The van der Waals surface area contributed by atoms with E-state index in [0.29, 0.717) is 13.2 Å². The Morgan fingerprint density at radius 3 is 2.89 bits per heavy atom. The summed E-state index contributed by atoms with van der Waals surface area (Å²) in [5.74, 6) is 0.876. The van der Waals surface area contributed by atoms with Gasteiger partial charge in [0.25, 0.3) is 5.56 Å². The van der Waals surface area contributed by atoms with Gasteiger partial charge in [0.1, 0.15) is 5.75 Å². The molecule has 1 heterocycles. The number of hydrogen-bond donors (Lipinski definition) is 0. The number of rotatable bonds is 5. The van der Waals surface area contributed by atoms with Gasteiger partial charge in [0, 0.05) is 23.3 Å². The van der Waals surface area contributed by atoms with Gasteiger partial charge in [-0.15, -0.1) is 0 Å². The number of aryl methyl sites for hydroxylation is 2. The molecule has 0 aliphatic carbocycles. The predicted molar refractivity (Wildman–Crippen MR) is 79.7 cm³/mol. The van der Waals surface area contributed by atoms with Gasteiger partial charge in [-0.05, 0) is 53.0 Å². The van der Waals surface area contributed by atoms with E-state index in [1.165, 1.54) is 5.56 Å². The monoisotopic (exact) mass is 321 g/mol. The molecule has 19 heavy (non-hydrogen) atoms. The molecule has 1 aromatic carbocycles. The maximum absolute atomic E-state index is 11.6. The standard InChI is InChI=1S/C15H16BrNO2/c1-12-4-2-5-14(10-12)19-9-3-8-17-11-13(16)6-7-15(17)18/h2,4-7,10-11H,3,8-9H2,1H3. The molecule has 1 aromatic heterocycles. The van der Waals surface area contributed by atoms with Crippen molar-refractivity contribution in [1.29, 1.82) is 0 Å². The molecule has 0 radical (unpaired) electrons. The van der Waals surface area contributed by atoms with Crippen LogP contribution in [0.1, 0.15) is 12.0 Å². The lowest BCUT2D eigenvalue weighted by atomic mass is 10.2. The first-order valence-electron chi connectivity index (χ1n) is 6.20. The van der Waals surface area contributed by atoms with E-state index in [1.807, 2.05) is 31.2 Å². The summed E-state index contributed by atoms with van der Waals surface area (Å²) in [6, 6.07) is 11.3. The van der Waals surface area contributed by atoms with Crippen molar-refractivity contribution in [2.75, 3.05) is 6.61 Å². The number of nitrogens with zero attached hydrogens (tertiary/aromatic N) is 1. The van der Waals surface area contributed by atoms with Gasteiger partial charge in [-0.3, -0.25) is 4.79 Å². The van der Waals surface area contributed by atoms with Crippen LogP contribution < -0.4 is 10.3 Å². The largest absolute Gasteiger partial charge is 0.494 e. The molecule has 100 valence electrons. The van der Waals surface area contributed by atoms with Gasteiger partial charge >= 0.3 is 0 Å². The van der Waals surface area contributed by atoms with E-state index in [9.17, 15) is 4.79 Å². The fourth-order valence-electron chi connectivity index (χ4n) is 1.81. The zero-order valence-corrected chi connectivity index (χ0v) is 12.4. The summed E-state index contributed by atoms with van der Waals surface area (Å²) in [5.41, 5.74) is 1.19. The summed E-state index contributed by atoms with van der Waals surface area (Å²) >= 11 is 3.36. The highest BCUT2D eigenvalue weighted by Crippen LogP contribution is 2.12. The van der Waals surface area contributed by atoms with Crippen molar-refractivity contribution in [2.24, 2.45) is 0 Å². The van der Waals surface area contributed by atoms with Crippen LogP contribution in [0.3, 0.4) is 0 Å². The Kier molecular flexibility index (Phi) is 4.80. The first kappa shape index (κ1) is 13.9. The van der Waals surface area contributed by atoms with Crippen molar-refractivity contribution in [3.8, 4) is 5.75 Å². The third-order valence-corrected chi connectivity index (χ3v) is 3.22. The Bertz CT molecular complexity index is 607. The highest BCUT2D eigenvalue weighted by atomic mass is 79.9. The molecule has 2 aromatic rings. The molecule has 0 spiro atoms.